The number of thioether (sulfide) groups is 1. The number of hydrogen-bond donors (Lipinski definition) is 0. The fourth-order valence-electron chi connectivity index (χ4n) is 2.65. The number of benzene rings is 1. The second kappa shape index (κ2) is 7.36. The van der Waals surface area contributed by atoms with Gasteiger partial charge in [0.15, 0.2) is 5.16 Å². The molecule has 1 aliphatic heterocycles. The van der Waals surface area contributed by atoms with E-state index in [1.54, 1.807) is 6.33 Å². The quantitative estimate of drug-likeness (QED) is 0.790. The summed E-state index contributed by atoms with van der Waals surface area (Å²) >= 11 is 1.45. The third-order valence-corrected chi connectivity index (χ3v) is 5.39. The van der Waals surface area contributed by atoms with Gasteiger partial charge in [-0.25, -0.2) is 0 Å². The number of carbonyl (C=O) groups is 1. The molecule has 1 aromatic heterocycles. The van der Waals surface area contributed by atoms with E-state index < -0.39 is 0 Å². The van der Waals surface area contributed by atoms with Crippen LogP contribution in [-0.4, -0.2) is 69.5 Å². The van der Waals surface area contributed by atoms with Crippen LogP contribution in [0.3, 0.4) is 0 Å². The first-order valence-corrected chi connectivity index (χ1v) is 9.10. The van der Waals surface area contributed by atoms with Crippen LogP contribution in [0, 0.1) is 13.8 Å². The molecule has 0 radical (unpaired) electrons. The van der Waals surface area contributed by atoms with E-state index in [-0.39, 0.29) is 5.91 Å². The van der Waals surface area contributed by atoms with Gasteiger partial charge in [0.1, 0.15) is 6.33 Å². The van der Waals surface area contributed by atoms with E-state index in [2.05, 4.69) is 54.2 Å². The van der Waals surface area contributed by atoms with Gasteiger partial charge in [0.25, 0.3) is 0 Å². The molecule has 3 rings (SSSR count). The molecule has 1 amide bonds. The minimum Gasteiger partial charge on any atom is -0.339 e. The number of hydrogen-bond acceptors (Lipinski definition) is 5. The molecule has 2 aromatic rings. The van der Waals surface area contributed by atoms with Crippen molar-refractivity contribution < 1.29 is 4.79 Å². The van der Waals surface area contributed by atoms with E-state index in [1.165, 1.54) is 22.9 Å². The van der Waals surface area contributed by atoms with Gasteiger partial charge in [-0.05, 0) is 44.2 Å². The lowest BCUT2D eigenvalue weighted by Gasteiger charge is -2.32. The minimum atomic E-state index is 0.169. The summed E-state index contributed by atoms with van der Waals surface area (Å²) < 4.78 is 1.94. The summed E-state index contributed by atoms with van der Waals surface area (Å²) in [4.78, 5) is 16.6. The van der Waals surface area contributed by atoms with E-state index in [0.717, 1.165) is 37.0 Å². The first-order chi connectivity index (χ1) is 11.5. The van der Waals surface area contributed by atoms with E-state index in [1.807, 2.05) is 9.47 Å². The lowest BCUT2D eigenvalue weighted by Crippen LogP contribution is -2.47. The number of carbonyl (C=O) groups excluding carboxylic acids is 1. The van der Waals surface area contributed by atoms with Crippen LogP contribution in [0.15, 0.2) is 29.7 Å². The standard InChI is InChI=1S/C17H23N5OS/c1-13-4-5-15(10-14(13)2)22-12-18-19-17(22)24-11-16(23)21-8-6-20(3)7-9-21/h4-5,10,12H,6-9,11H2,1-3H3. The first kappa shape index (κ1) is 17.0. The minimum absolute atomic E-state index is 0.169. The molecule has 0 atom stereocenters. The SMILES string of the molecule is Cc1ccc(-n2cnnc2SCC(=O)N2CCN(C)CC2)cc1C. The van der Waals surface area contributed by atoms with Crippen LogP contribution in [0.4, 0.5) is 0 Å². The lowest BCUT2D eigenvalue weighted by atomic mass is 10.1. The summed E-state index contributed by atoms with van der Waals surface area (Å²) in [5.74, 6) is 0.565. The summed E-state index contributed by atoms with van der Waals surface area (Å²) in [6.45, 7) is 7.67. The normalized spacial score (nSPS) is 15.7. The fraction of sp³-hybridized carbons (Fsp3) is 0.471. The fourth-order valence-corrected chi connectivity index (χ4v) is 3.48. The van der Waals surface area contributed by atoms with Gasteiger partial charge in [-0.2, -0.15) is 0 Å². The predicted molar refractivity (Wildman–Crippen MR) is 95.6 cm³/mol. The molecule has 6 nitrogen and oxygen atoms in total. The van der Waals surface area contributed by atoms with Gasteiger partial charge in [-0.15, -0.1) is 10.2 Å². The van der Waals surface area contributed by atoms with Gasteiger partial charge < -0.3 is 9.80 Å². The highest BCUT2D eigenvalue weighted by molar-refractivity contribution is 7.99. The Morgan fingerprint density at radius 3 is 2.62 bits per heavy atom. The number of piperazine rings is 1. The molecule has 24 heavy (non-hydrogen) atoms. The Hall–Kier alpha value is -1.86. The molecule has 1 fully saturated rings. The second-order valence-electron chi connectivity index (χ2n) is 6.22. The van der Waals surface area contributed by atoms with Crippen molar-refractivity contribution in [3.8, 4) is 5.69 Å². The second-order valence-corrected chi connectivity index (χ2v) is 7.17. The topological polar surface area (TPSA) is 54.3 Å². The van der Waals surface area contributed by atoms with Gasteiger partial charge >= 0.3 is 0 Å². The molecule has 0 spiro atoms. The Labute approximate surface area is 146 Å². The third kappa shape index (κ3) is 3.79. The molecule has 7 heteroatoms. The van der Waals surface area contributed by atoms with Gasteiger partial charge in [-0.3, -0.25) is 9.36 Å². The van der Waals surface area contributed by atoms with Crippen molar-refractivity contribution in [1.29, 1.82) is 0 Å². The Morgan fingerprint density at radius 1 is 1.17 bits per heavy atom. The van der Waals surface area contributed by atoms with Gasteiger partial charge in [-0.1, -0.05) is 17.8 Å². The Kier molecular flexibility index (Phi) is 5.20. The summed E-state index contributed by atoms with van der Waals surface area (Å²) in [6, 6.07) is 6.26. The van der Waals surface area contributed by atoms with E-state index in [4.69, 9.17) is 0 Å². The van der Waals surface area contributed by atoms with Crippen LogP contribution in [0.5, 0.6) is 0 Å². The Morgan fingerprint density at radius 2 is 1.92 bits per heavy atom. The molecule has 1 aromatic carbocycles. The summed E-state index contributed by atoms with van der Waals surface area (Å²) in [5, 5.41) is 8.93. The monoisotopic (exact) mass is 345 g/mol. The molecule has 0 bridgehead atoms. The van der Waals surface area contributed by atoms with Crippen molar-refractivity contribution in [3.63, 3.8) is 0 Å². The molecule has 0 saturated carbocycles. The number of aryl methyl sites for hydroxylation is 2. The van der Waals surface area contributed by atoms with Gasteiger partial charge in [0.2, 0.25) is 5.91 Å². The highest BCUT2D eigenvalue weighted by Crippen LogP contribution is 2.21. The zero-order valence-corrected chi connectivity index (χ0v) is 15.2. The number of aromatic nitrogens is 3. The maximum atomic E-state index is 12.4. The smallest absolute Gasteiger partial charge is 0.233 e. The summed E-state index contributed by atoms with van der Waals surface area (Å²) in [7, 11) is 2.09. The zero-order valence-electron chi connectivity index (χ0n) is 14.4. The molecule has 1 saturated heterocycles. The zero-order chi connectivity index (χ0) is 17.1. The largest absolute Gasteiger partial charge is 0.339 e. The van der Waals surface area contributed by atoms with E-state index >= 15 is 0 Å². The first-order valence-electron chi connectivity index (χ1n) is 8.11. The molecule has 1 aliphatic rings. The molecular weight excluding hydrogens is 322 g/mol. The van der Waals surface area contributed by atoms with Crippen LogP contribution in [0.1, 0.15) is 11.1 Å². The predicted octanol–water partition coefficient (Wildman–Crippen LogP) is 1.75. The van der Waals surface area contributed by atoms with Crippen molar-refractivity contribution in [2.24, 2.45) is 0 Å². The van der Waals surface area contributed by atoms with Crippen molar-refractivity contribution in [2.75, 3.05) is 39.0 Å². The number of rotatable bonds is 4. The van der Waals surface area contributed by atoms with Crippen LogP contribution < -0.4 is 0 Å². The molecule has 0 N–H and O–H groups in total. The maximum absolute atomic E-state index is 12.4. The lowest BCUT2D eigenvalue weighted by molar-refractivity contribution is -0.129. The number of amides is 1. The average Bonchev–Trinajstić information content (AvgIpc) is 3.04. The highest BCUT2D eigenvalue weighted by atomic mass is 32.2. The maximum Gasteiger partial charge on any atom is 0.233 e. The Bertz CT molecular complexity index is 722. The van der Waals surface area contributed by atoms with Gasteiger partial charge in [0, 0.05) is 31.9 Å². The van der Waals surface area contributed by atoms with E-state index in [9.17, 15) is 4.79 Å². The van der Waals surface area contributed by atoms with E-state index in [0.29, 0.717) is 5.75 Å². The summed E-state index contributed by atoms with van der Waals surface area (Å²) in [5.41, 5.74) is 3.51. The van der Waals surface area contributed by atoms with Crippen molar-refractivity contribution in [1.82, 2.24) is 24.6 Å². The van der Waals surface area contributed by atoms with Crippen LogP contribution in [0.25, 0.3) is 5.69 Å². The molecule has 128 valence electrons. The third-order valence-electron chi connectivity index (χ3n) is 4.47. The molecule has 0 aliphatic carbocycles. The molecule has 2 heterocycles. The highest BCUT2D eigenvalue weighted by Gasteiger charge is 2.20. The van der Waals surface area contributed by atoms with Crippen LogP contribution >= 0.6 is 11.8 Å². The van der Waals surface area contributed by atoms with Crippen LogP contribution in [0.2, 0.25) is 0 Å². The number of nitrogens with zero attached hydrogens (tertiary/aromatic N) is 5. The average molecular weight is 345 g/mol. The summed E-state index contributed by atoms with van der Waals surface area (Å²) in [6.07, 6.45) is 1.70. The Balaban J connectivity index is 1.65. The molecule has 0 unspecified atom stereocenters. The number of likely N-dealkylation sites (N-methyl/N-ethyl adjacent to an activating group) is 1. The van der Waals surface area contributed by atoms with Crippen molar-refractivity contribution >= 4 is 17.7 Å². The molecular formula is C17H23N5OS. The van der Waals surface area contributed by atoms with Crippen molar-refractivity contribution in [2.45, 2.75) is 19.0 Å². The van der Waals surface area contributed by atoms with Gasteiger partial charge in [0.05, 0.1) is 5.75 Å². The van der Waals surface area contributed by atoms with Crippen molar-refractivity contribution in [3.05, 3.63) is 35.7 Å². The van der Waals surface area contributed by atoms with Crippen LogP contribution in [-0.2, 0) is 4.79 Å².